The molecule has 0 amide bonds. The molecule has 0 heteroatoms. The van der Waals surface area contributed by atoms with Crippen LogP contribution in [0.3, 0.4) is 0 Å². The van der Waals surface area contributed by atoms with Crippen molar-refractivity contribution in [2.24, 2.45) is 17.3 Å². The maximum absolute atomic E-state index is 2.45. The van der Waals surface area contributed by atoms with Gasteiger partial charge in [0, 0.05) is 0 Å². The van der Waals surface area contributed by atoms with Gasteiger partial charge in [-0.3, -0.25) is 0 Å². The Kier molecular flexibility index (Phi) is 4.43. The molecular weight excluding hydrogens is 180 g/mol. The van der Waals surface area contributed by atoms with Gasteiger partial charge in [0.05, 0.1) is 0 Å². The second-order valence-corrected chi connectivity index (χ2v) is 6.27. The van der Waals surface area contributed by atoms with Crippen molar-refractivity contribution < 1.29 is 0 Å². The van der Waals surface area contributed by atoms with Gasteiger partial charge in [-0.05, 0) is 36.5 Å². The summed E-state index contributed by atoms with van der Waals surface area (Å²) in [4.78, 5) is 0. The third-order valence-electron chi connectivity index (χ3n) is 4.05. The van der Waals surface area contributed by atoms with Gasteiger partial charge in [-0.15, -0.1) is 0 Å². The lowest BCUT2D eigenvalue weighted by molar-refractivity contribution is 0.241. The van der Waals surface area contributed by atoms with E-state index >= 15 is 0 Å². The van der Waals surface area contributed by atoms with Crippen LogP contribution in [0.15, 0.2) is 11.6 Å². The zero-order valence-corrected chi connectivity index (χ0v) is 11.3. The van der Waals surface area contributed by atoms with Crippen LogP contribution in [0.2, 0.25) is 0 Å². The first-order valence-corrected chi connectivity index (χ1v) is 6.65. The number of hydrogen-bond acceptors (Lipinski definition) is 0. The lowest BCUT2D eigenvalue weighted by Crippen LogP contribution is -2.16. The molecule has 0 heterocycles. The third-order valence-corrected chi connectivity index (χ3v) is 4.05. The van der Waals surface area contributed by atoms with E-state index in [2.05, 4.69) is 40.7 Å². The summed E-state index contributed by atoms with van der Waals surface area (Å²) in [7, 11) is 0. The molecule has 0 aliphatic heterocycles. The second-order valence-electron chi connectivity index (χ2n) is 6.27. The average Bonchev–Trinajstić information content (AvgIpc) is 2.89. The first kappa shape index (κ1) is 12.8. The number of unbranched alkanes of at least 4 members (excludes halogenated alkanes) is 1. The summed E-state index contributed by atoms with van der Waals surface area (Å²) >= 11 is 0. The van der Waals surface area contributed by atoms with Gasteiger partial charge >= 0.3 is 0 Å². The SMILES string of the molecule is CCC1C=C1CCCCC(C)C(C)(C)C. The Bertz CT molecular complexity index is 217. The van der Waals surface area contributed by atoms with Crippen LogP contribution in [-0.4, -0.2) is 0 Å². The van der Waals surface area contributed by atoms with Crippen LogP contribution < -0.4 is 0 Å². The van der Waals surface area contributed by atoms with E-state index in [9.17, 15) is 0 Å². The second kappa shape index (κ2) is 5.18. The van der Waals surface area contributed by atoms with E-state index in [1.807, 2.05) is 0 Å². The third kappa shape index (κ3) is 4.40. The summed E-state index contributed by atoms with van der Waals surface area (Å²) in [5, 5.41) is 0. The molecule has 0 aromatic heterocycles. The van der Waals surface area contributed by atoms with Gasteiger partial charge in [0.15, 0.2) is 0 Å². The van der Waals surface area contributed by atoms with Crippen LogP contribution in [0.4, 0.5) is 0 Å². The van der Waals surface area contributed by atoms with Crippen LogP contribution >= 0.6 is 0 Å². The Balaban J connectivity index is 2.00. The van der Waals surface area contributed by atoms with E-state index in [4.69, 9.17) is 0 Å². The predicted molar refractivity (Wildman–Crippen MR) is 69.0 cm³/mol. The molecule has 0 radical (unpaired) electrons. The quantitative estimate of drug-likeness (QED) is 0.416. The summed E-state index contributed by atoms with van der Waals surface area (Å²) < 4.78 is 0. The fourth-order valence-corrected chi connectivity index (χ4v) is 2.07. The Morgan fingerprint density at radius 2 is 1.93 bits per heavy atom. The standard InChI is InChI=1S/C15H28/c1-6-13-11-14(13)10-8-7-9-12(2)15(3,4)5/h11-13H,6-10H2,1-5H3. The molecule has 0 fully saturated rings. The van der Waals surface area contributed by atoms with Crippen molar-refractivity contribution >= 4 is 0 Å². The molecule has 0 aromatic rings. The van der Waals surface area contributed by atoms with Gasteiger partial charge in [-0.2, -0.15) is 0 Å². The van der Waals surface area contributed by atoms with Crippen molar-refractivity contribution in [3.8, 4) is 0 Å². The zero-order chi connectivity index (χ0) is 11.5. The van der Waals surface area contributed by atoms with Crippen molar-refractivity contribution in [3.05, 3.63) is 11.6 Å². The highest BCUT2D eigenvalue weighted by molar-refractivity contribution is 5.28. The number of hydrogen-bond donors (Lipinski definition) is 0. The first-order chi connectivity index (χ1) is 6.95. The molecular formula is C15H28. The largest absolute Gasteiger partial charge is 0.0776 e. The summed E-state index contributed by atoms with van der Waals surface area (Å²) in [5.41, 5.74) is 2.23. The molecule has 15 heavy (non-hydrogen) atoms. The van der Waals surface area contributed by atoms with Crippen LogP contribution in [-0.2, 0) is 0 Å². The average molecular weight is 208 g/mol. The summed E-state index contributed by atoms with van der Waals surface area (Å²) in [6, 6.07) is 0. The van der Waals surface area contributed by atoms with Gasteiger partial charge < -0.3 is 0 Å². The fourth-order valence-electron chi connectivity index (χ4n) is 2.07. The predicted octanol–water partition coefficient (Wildman–Crippen LogP) is 5.20. The highest BCUT2D eigenvalue weighted by Crippen LogP contribution is 2.36. The lowest BCUT2D eigenvalue weighted by atomic mass is 9.79. The highest BCUT2D eigenvalue weighted by atomic mass is 14.3. The van der Waals surface area contributed by atoms with E-state index < -0.39 is 0 Å². The number of allylic oxidation sites excluding steroid dienone is 2. The van der Waals surface area contributed by atoms with E-state index in [-0.39, 0.29) is 0 Å². The zero-order valence-electron chi connectivity index (χ0n) is 11.3. The Labute approximate surface area is 96.2 Å². The molecule has 0 saturated carbocycles. The Morgan fingerprint density at radius 1 is 1.27 bits per heavy atom. The fraction of sp³-hybridized carbons (Fsp3) is 0.867. The van der Waals surface area contributed by atoms with Gasteiger partial charge in [-0.25, -0.2) is 0 Å². The van der Waals surface area contributed by atoms with Gasteiger partial charge in [-0.1, -0.05) is 59.1 Å². The molecule has 0 saturated heterocycles. The van der Waals surface area contributed by atoms with E-state index in [0.29, 0.717) is 5.41 Å². The maximum Gasteiger partial charge on any atom is -0.00228 e. The normalized spacial score (nSPS) is 22.5. The van der Waals surface area contributed by atoms with Crippen molar-refractivity contribution in [1.82, 2.24) is 0 Å². The molecule has 1 aliphatic rings. The van der Waals surface area contributed by atoms with Crippen molar-refractivity contribution in [3.63, 3.8) is 0 Å². The number of rotatable bonds is 6. The lowest BCUT2D eigenvalue weighted by Gasteiger charge is -2.27. The molecule has 2 unspecified atom stereocenters. The van der Waals surface area contributed by atoms with E-state index in [1.165, 1.54) is 32.1 Å². The topological polar surface area (TPSA) is 0 Å². The van der Waals surface area contributed by atoms with Crippen molar-refractivity contribution in [2.75, 3.05) is 0 Å². The van der Waals surface area contributed by atoms with Gasteiger partial charge in [0.1, 0.15) is 0 Å². The van der Waals surface area contributed by atoms with Crippen LogP contribution in [0, 0.1) is 17.3 Å². The molecule has 88 valence electrons. The Morgan fingerprint density at radius 3 is 2.40 bits per heavy atom. The molecule has 1 rings (SSSR count). The minimum absolute atomic E-state index is 0.491. The molecule has 0 nitrogen and oxygen atoms in total. The summed E-state index contributed by atoms with van der Waals surface area (Å²) in [6.07, 6.45) is 9.36. The van der Waals surface area contributed by atoms with Gasteiger partial charge in [0.25, 0.3) is 0 Å². The maximum atomic E-state index is 2.45. The summed E-state index contributed by atoms with van der Waals surface area (Å²) in [6.45, 7) is 11.7. The minimum atomic E-state index is 0.491. The first-order valence-electron chi connectivity index (χ1n) is 6.65. The minimum Gasteiger partial charge on any atom is -0.0776 e. The van der Waals surface area contributed by atoms with Crippen molar-refractivity contribution in [2.45, 2.75) is 66.7 Å². The molecule has 0 spiro atoms. The van der Waals surface area contributed by atoms with Crippen LogP contribution in [0.1, 0.15) is 66.7 Å². The molecule has 2 atom stereocenters. The van der Waals surface area contributed by atoms with Crippen molar-refractivity contribution in [1.29, 1.82) is 0 Å². The Hall–Kier alpha value is -0.260. The molecule has 0 aromatic carbocycles. The van der Waals surface area contributed by atoms with Crippen LogP contribution in [0.25, 0.3) is 0 Å². The monoisotopic (exact) mass is 208 g/mol. The molecule has 0 bridgehead atoms. The molecule has 0 N–H and O–H groups in total. The highest BCUT2D eigenvalue weighted by Gasteiger charge is 2.22. The van der Waals surface area contributed by atoms with E-state index in [0.717, 1.165) is 11.8 Å². The molecule has 1 aliphatic carbocycles. The smallest absolute Gasteiger partial charge is 0.00228 e. The summed E-state index contributed by atoms with van der Waals surface area (Å²) in [5.74, 6) is 1.75. The van der Waals surface area contributed by atoms with Crippen LogP contribution in [0.5, 0.6) is 0 Å². The van der Waals surface area contributed by atoms with E-state index in [1.54, 1.807) is 5.57 Å². The van der Waals surface area contributed by atoms with Gasteiger partial charge in [0.2, 0.25) is 0 Å².